The third-order valence-electron chi connectivity index (χ3n) is 3.57. The molecule has 0 unspecified atom stereocenters. The summed E-state index contributed by atoms with van der Waals surface area (Å²) in [5, 5.41) is 3.70. The van der Waals surface area contributed by atoms with Crippen LogP contribution in [0.5, 0.6) is 0 Å². The topological polar surface area (TPSA) is 15.3 Å². The Morgan fingerprint density at radius 3 is 3.09 bits per heavy atom. The van der Waals surface area contributed by atoms with Crippen molar-refractivity contribution >= 4 is 0 Å². The number of piperazine rings is 1. The molecule has 0 amide bonds. The Balaban J connectivity index is 1.75. The SMILES string of the molecule is C1C[C@H]2CNC3(CC3)CN2C1. The molecule has 0 radical (unpaired) electrons. The molecule has 0 aromatic rings. The average Bonchev–Trinajstić information content (AvgIpc) is 2.63. The van der Waals surface area contributed by atoms with Gasteiger partial charge >= 0.3 is 0 Å². The van der Waals surface area contributed by atoms with Gasteiger partial charge in [-0.05, 0) is 32.2 Å². The van der Waals surface area contributed by atoms with E-state index in [-0.39, 0.29) is 0 Å². The first-order valence-electron chi connectivity index (χ1n) is 4.87. The molecule has 1 saturated carbocycles. The van der Waals surface area contributed by atoms with Crippen LogP contribution >= 0.6 is 0 Å². The fourth-order valence-corrected chi connectivity index (χ4v) is 2.60. The predicted molar refractivity (Wildman–Crippen MR) is 44.6 cm³/mol. The van der Waals surface area contributed by atoms with E-state index >= 15 is 0 Å². The van der Waals surface area contributed by atoms with Gasteiger partial charge in [0.1, 0.15) is 0 Å². The molecular weight excluding hydrogens is 136 g/mol. The van der Waals surface area contributed by atoms with Crippen molar-refractivity contribution in [2.45, 2.75) is 37.3 Å². The summed E-state index contributed by atoms with van der Waals surface area (Å²) in [6.45, 7) is 3.98. The van der Waals surface area contributed by atoms with E-state index in [1.165, 1.54) is 45.3 Å². The van der Waals surface area contributed by atoms with E-state index in [1.54, 1.807) is 0 Å². The number of hydrogen-bond donors (Lipinski definition) is 1. The van der Waals surface area contributed by atoms with Crippen molar-refractivity contribution in [1.29, 1.82) is 0 Å². The minimum atomic E-state index is 0.598. The van der Waals surface area contributed by atoms with Gasteiger partial charge < -0.3 is 5.32 Å². The van der Waals surface area contributed by atoms with Crippen LogP contribution in [0.3, 0.4) is 0 Å². The van der Waals surface area contributed by atoms with Crippen LogP contribution < -0.4 is 5.32 Å². The Labute approximate surface area is 68.0 Å². The first-order valence-corrected chi connectivity index (χ1v) is 4.87. The minimum Gasteiger partial charge on any atom is -0.308 e. The molecule has 1 N–H and O–H groups in total. The second-order valence-corrected chi connectivity index (χ2v) is 4.43. The maximum absolute atomic E-state index is 3.70. The van der Waals surface area contributed by atoms with Gasteiger partial charge in [0.15, 0.2) is 0 Å². The fourth-order valence-electron chi connectivity index (χ4n) is 2.60. The predicted octanol–water partition coefficient (Wildman–Crippen LogP) is 0.587. The maximum Gasteiger partial charge on any atom is 0.0310 e. The Bertz CT molecular complexity index is 174. The van der Waals surface area contributed by atoms with Gasteiger partial charge in [0.05, 0.1) is 0 Å². The Hall–Kier alpha value is -0.0800. The summed E-state index contributed by atoms with van der Waals surface area (Å²) in [4.78, 5) is 2.70. The van der Waals surface area contributed by atoms with Gasteiger partial charge in [0.2, 0.25) is 0 Å². The lowest BCUT2D eigenvalue weighted by atomic mass is 10.1. The lowest BCUT2D eigenvalue weighted by molar-refractivity contribution is 0.163. The van der Waals surface area contributed by atoms with E-state index in [9.17, 15) is 0 Å². The number of nitrogens with zero attached hydrogens (tertiary/aromatic N) is 1. The summed E-state index contributed by atoms with van der Waals surface area (Å²) in [6, 6.07) is 0.890. The molecular formula is C9H16N2. The van der Waals surface area contributed by atoms with Crippen molar-refractivity contribution < 1.29 is 0 Å². The van der Waals surface area contributed by atoms with E-state index < -0.39 is 0 Å². The highest BCUT2D eigenvalue weighted by atomic mass is 15.3. The standard InChI is InChI=1S/C9H16N2/c1-2-8-6-10-9(3-4-9)7-11(8)5-1/h8,10H,1-7H2/t8-/m0/s1. The normalized spacial score (nSPS) is 40.9. The lowest BCUT2D eigenvalue weighted by Gasteiger charge is -2.36. The summed E-state index contributed by atoms with van der Waals surface area (Å²) in [5.41, 5.74) is 0.598. The molecule has 62 valence electrons. The molecule has 2 heteroatoms. The van der Waals surface area contributed by atoms with Crippen molar-refractivity contribution in [3.63, 3.8) is 0 Å². The Morgan fingerprint density at radius 1 is 1.36 bits per heavy atom. The molecule has 3 aliphatic rings. The molecule has 1 aliphatic carbocycles. The smallest absolute Gasteiger partial charge is 0.0310 e. The van der Waals surface area contributed by atoms with Crippen molar-refractivity contribution in [3.05, 3.63) is 0 Å². The Kier molecular flexibility index (Phi) is 1.16. The monoisotopic (exact) mass is 152 g/mol. The molecule has 0 bridgehead atoms. The number of hydrogen-bond acceptors (Lipinski definition) is 2. The zero-order chi connectivity index (χ0) is 7.31. The van der Waals surface area contributed by atoms with Crippen LogP contribution in [-0.4, -0.2) is 36.1 Å². The molecule has 1 spiro atoms. The highest BCUT2D eigenvalue weighted by Crippen LogP contribution is 2.40. The van der Waals surface area contributed by atoms with Crippen LogP contribution in [0, 0.1) is 0 Å². The molecule has 11 heavy (non-hydrogen) atoms. The van der Waals surface area contributed by atoms with Crippen LogP contribution in [0.2, 0.25) is 0 Å². The molecule has 3 rings (SSSR count). The van der Waals surface area contributed by atoms with Gasteiger partial charge in [0.25, 0.3) is 0 Å². The highest BCUT2D eigenvalue weighted by Gasteiger charge is 2.48. The molecule has 0 aromatic heterocycles. The molecule has 2 nitrogen and oxygen atoms in total. The van der Waals surface area contributed by atoms with Gasteiger partial charge in [-0.1, -0.05) is 0 Å². The average molecular weight is 152 g/mol. The van der Waals surface area contributed by atoms with Gasteiger partial charge in [0, 0.05) is 24.7 Å². The van der Waals surface area contributed by atoms with E-state index in [0.29, 0.717) is 5.54 Å². The van der Waals surface area contributed by atoms with Crippen LogP contribution in [0.4, 0.5) is 0 Å². The summed E-state index contributed by atoms with van der Waals surface area (Å²) >= 11 is 0. The molecule has 0 aromatic carbocycles. The minimum absolute atomic E-state index is 0.598. The van der Waals surface area contributed by atoms with E-state index in [1.807, 2.05) is 0 Å². The Morgan fingerprint density at radius 2 is 2.27 bits per heavy atom. The van der Waals surface area contributed by atoms with Gasteiger partial charge in [-0.15, -0.1) is 0 Å². The largest absolute Gasteiger partial charge is 0.308 e. The molecule has 1 atom stereocenters. The molecule has 2 aliphatic heterocycles. The van der Waals surface area contributed by atoms with Crippen molar-refractivity contribution in [3.8, 4) is 0 Å². The third-order valence-corrected chi connectivity index (χ3v) is 3.57. The summed E-state index contributed by atoms with van der Waals surface area (Å²) in [7, 11) is 0. The van der Waals surface area contributed by atoms with Crippen LogP contribution in [0.25, 0.3) is 0 Å². The van der Waals surface area contributed by atoms with E-state index in [4.69, 9.17) is 0 Å². The van der Waals surface area contributed by atoms with Crippen molar-refractivity contribution in [2.24, 2.45) is 0 Å². The maximum atomic E-state index is 3.70. The fraction of sp³-hybridized carbons (Fsp3) is 1.00. The molecule has 3 fully saturated rings. The summed E-state index contributed by atoms with van der Waals surface area (Å²) in [6.07, 6.45) is 5.72. The number of nitrogens with one attached hydrogen (secondary N) is 1. The van der Waals surface area contributed by atoms with Crippen LogP contribution in [-0.2, 0) is 0 Å². The van der Waals surface area contributed by atoms with Gasteiger partial charge in [-0.3, -0.25) is 4.90 Å². The lowest BCUT2D eigenvalue weighted by Crippen LogP contribution is -2.55. The highest BCUT2D eigenvalue weighted by molar-refractivity contribution is 5.09. The third kappa shape index (κ3) is 0.926. The summed E-state index contributed by atoms with van der Waals surface area (Å²) in [5.74, 6) is 0. The van der Waals surface area contributed by atoms with Gasteiger partial charge in [-0.2, -0.15) is 0 Å². The second kappa shape index (κ2) is 1.99. The van der Waals surface area contributed by atoms with Crippen LogP contribution in [0.1, 0.15) is 25.7 Å². The molecule has 2 saturated heterocycles. The number of rotatable bonds is 0. The zero-order valence-corrected chi connectivity index (χ0v) is 6.97. The van der Waals surface area contributed by atoms with Gasteiger partial charge in [-0.25, -0.2) is 0 Å². The first kappa shape index (κ1) is 6.44. The van der Waals surface area contributed by atoms with Crippen molar-refractivity contribution in [1.82, 2.24) is 10.2 Å². The van der Waals surface area contributed by atoms with Crippen LogP contribution in [0.15, 0.2) is 0 Å². The zero-order valence-electron chi connectivity index (χ0n) is 6.97. The second-order valence-electron chi connectivity index (χ2n) is 4.43. The molecule has 2 heterocycles. The summed E-state index contributed by atoms with van der Waals surface area (Å²) < 4.78 is 0. The number of fused-ring (bicyclic) bond motifs is 1. The van der Waals surface area contributed by atoms with Crippen molar-refractivity contribution in [2.75, 3.05) is 19.6 Å². The first-order chi connectivity index (χ1) is 5.38. The quantitative estimate of drug-likeness (QED) is 0.546. The van der Waals surface area contributed by atoms with E-state index in [0.717, 1.165) is 6.04 Å². The van der Waals surface area contributed by atoms with E-state index in [2.05, 4.69) is 10.2 Å².